The number of nitrogens with zero attached hydrogens (tertiary/aromatic N) is 8. The van der Waals surface area contributed by atoms with Gasteiger partial charge in [-0.3, -0.25) is 38.6 Å². The predicted octanol–water partition coefficient (Wildman–Crippen LogP) is 17.3. The number of aryl methyl sites for hydroxylation is 6. The zero-order valence-electron chi connectivity index (χ0n) is 78.4. The van der Waals surface area contributed by atoms with Gasteiger partial charge in [0.15, 0.2) is 0 Å². The Balaban J connectivity index is 0.000000173. The molecule has 127 heavy (non-hydrogen) atoms. The van der Waals surface area contributed by atoms with Gasteiger partial charge in [-0.05, 0) is 294 Å². The van der Waals surface area contributed by atoms with E-state index in [0.29, 0.717) is 63.5 Å². The van der Waals surface area contributed by atoms with Crippen LogP contribution in [0.3, 0.4) is 0 Å². The summed E-state index contributed by atoms with van der Waals surface area (Å²) in [4.78, 5) is 100.0. The molecule has 4 aliphatic rings. The summed E-state index contributed by atoms with van der Waals surface area (Å²) < 4.78 is 18.8. The normalized spacial score (nSPS) is 14.9. The maximum absolute atomic E-state index is 13.8. The van der Waals surface area contributed by atoms with Crippen LogP contribution in [0.4, 0.5) is 17.1 Å². The molecule has 0 spiro atoms. The van der Waals surface area contributed by atoms with Crippen molar-refractivity contribution in [2.45, 2.75) is 226 Å². The Bertz CT molecular complexity index is 5600. The van der Waals surface area contributed by atoms with Gasteiger partial charge in [0.05, 0.1) is 6.20 Å². The number of H-pyrrole nitrogens is 3. The van der Waals surface area contributed by atoms with E-state index in [1.165, 1.54) is 11.1 Å². The average molecular weight is 1730 g/mol. The number of anilines is 3. The molecule has 4 aromatic heterocycles. The molecule has 0 atom stereocenters. The van der Waals surface area contributed by atoms with Crippen molar-refractivity contribution in [1.82, 2.24) is 55.7 Å². The lowest BCUT2D eigenvalue weighted by Crippen LogP contribution is -2.48. The summed E-state index contributed by atoms with van der Waals surface area (Å²) in [6.07, 6.45) is 8.76. The number of pyridine rings is 3. The van der Waals surface area contributed by atoms with Crippen molar-refractivity contribution in [3.05, 3.63) is 260 Å². The third kappa shape index (κ3) is 24.0. The highest BCUT2D eigenvalue weighted by Crippen LogP contribution is 2.39. The van der Waals surface area contributed by atoms with E-state index in [9.17, 15) is 28.8 Å². The molecule has 23 heteroatoms. The number of rotatable bonds is 28. The Hall–Kier alpha value is -11.1. The highest BCUT2D eigenvalue weighted by molar-refractivity contribution is 6.01. The van der Waals surface area contributed by atoms with E-state index in [1.54, 1.807) is 0 Å². The molecule has 10 aromatic rings. The summed E-state index contributed by atoms with van der Waals surface area (Å²) in [5.74, 6) is 0.0497. The third-order valence-corrected chi connectivity index (χ3v) is 25.8. The minimum atomic E-state index is -0.204. The summed E-state index contributed by atoms with van der Waals surface area (Å²) >= 11 is 0. The van der Waals surface area contributed by atoms with Gasteiger partial charge in [-0.2, -0.15) is 0 Å². The highest BCUT2D eigenvalue weighted by atomic mass is 16.5. The number of aromatic amines is 3. The molecule has 0 radical (unpaired) electrons. The summed E-state index contributed by atoms with van der Waals surface area (Å²) in [5, 5.41) is 17.7. The maximum Gasteiger partial charge on any atom is 0.253 e. The monoisotopic (exact) mass is 1730 g/mol. The SMILES string of the molecule is CCN(c1cc(-c2ccc(-c3cn(C(C)C)nn3)cc2)cc(C(=O)NCc2c(C)cc(C)[nH]c2=O)c1C)C1CCOCC1.CCN(c1cc(-c2ccc(CC(C)C)cc2)cc(C(=O)NCc2c(C)cc(C)[nH]c2=O)c1C)C1CCOCC1.CCN(c1cc(-c2ccc(CN3CCN(C(C)C)CC3)cc2)cc(C(=O)NCc2c(C)cc(C)[nH]c2=O)c1C)C1CCOCC1. The van der Waals surface area contributed by atoms with Crippen LogP contribution in [0.5, 0.6) is 0 Å². The van der Waals surface area contributed by atoms with E-state index >= 15 is 0 Å². The molecular formula is C104H136N14O9. The molecule has 4 fully saturated rings. The lowest BCUT2D eigenvalue weighted by molar-refractivity contribution is 0.0845. The van der Waals surface area contributed by atoms with Gasteiger partial charge in [0.1, 0.15) is 5.69 Å². The first-order chi connectivity index (χ1) is 61.0. The molecule has 4 saturated heterocycles. The fourth-order valence-corrected chi connectivity index (χ4v) is 18.5. The molecule has 0 unspecified atom stereocenters. The van der Waals surface area contributed by atoms with Crippen LogP contribution in [-0.4, -0.2) is 167 Å². The highest BCUT2D eigenvalue weighted by Gasteiger charge is 2.31. The fourth-order valence-electron chi connectivity index (χ4n) is 18.5. The van der Waals surface area contributed by atoms with Crippen molar-refractivity contribution >= 4 is 34.8 Å². The standard InChI is InChI=1S/C37H51N5O3.C34H42N6O3.C33H43N3O3/c1-7-42(32-12-18-45-19-13-32)35-22-31(30-10-8-29(9-11-30)24-40-14-16-41(17-15-40)25(2)3)21-33(28(35)6)36(43)38-23-34-26(4)20-27(5)39-37(34)44;1-7-39(28-12-14-43-15-13-28)32-18-27(25-8-10-26(11-9-25)31-20-40(21(2)3)38-37-31)17-29(24(32)6)33(41)35-19-30-22(4)16-23(5)36-34(30)42;1-7-36(28-12-14-39-15-13-28)31-19-27(26-10-8-25(9-11-26)16-21(2)3)18-29(24(31)6)32(37)34-20-30-22(4)17-23(5)35-33(30)38/h8-11,20-22,25,32H,7,12-19,23-24H2,1-6H3,(H,38,43)(H,39,44);8-11,16-18,20-21,28H,7,12-15,19H2,1-6H3,(H,35,41)(H,36,42);8-11,17-19,21,28H,7,12-16,20H2,1-6H3,(H,34,37)(H,35,38). The van der Waals surface area contributed by atoms with Crippen molar-refractivity contribution in [3.8, 4) is 44.6 Å². The molecule has 0 saturated carbocycles. The number of piperazine rings is 1. The van der Waals surface area contributed by atoms with E-state index in [-0.39, 0.29) is 60.1 Å². The molecule has 14 rings (SSSR count). The van der Waals surface area contributed by atoms with Crippen LogP contribution in [0.2, 0.25) is 0 Å². The number of benzene rings is 6. The topological polar surface area (TPSA) is 260 Å². The molecule has 0 aliphatic carbocycles. The van der Waals surface area contributed by atoms with E-state index in [0.717, 1.165) is 249 Å². The van der Waals surface area contributed by atoms with Crippen molar-refractivity contribution in [2.75, 3.05) is 100 Å². The number of ether oxygens (including phenoxy) is 3. The van der Waals surface area contributed by atoms with Gasteiger partial charge in [-0.15, -0.1) is 5.10 Å². The number of carbonyl (C=O) groups is 3. The van der Waals surface area contributed by atoms with Crippen LogP contribution in [0.15, 0.2) is 148 Å². The van der Waals surface area contributed by atoms with Crippen LogP contribution in [-0.2, 0) is 46.8 Å². The minimum Gasteiger partial charge on any atom is -0.381 e. The number of aromatic nitrogens is 6. The molecule has 6 aromatic carbocycles. The van der Waals surface area contributed by atoms with Crippen LogP contribution in [0.25, 0.3) is 44.6 Å². The summed E-state index contributed by atoms with van der Waals surface area (Å²) in [7, 11) is 0. The van der Waals surface area contributed by atoms with Crippen LogP contribution in [0.1, 0.15) is 216 Å². The van der Waals surface area contributed by atoms with Gasteiger partial charge >= 0.3 is 0 Å². The zero-order valence-corrected chi connectivity index (χ0v) is 78.4. The third-order valence-electron chi connectivity index (χ3n) is 25.8. The minimum absolute atomic E-state index is 0.155. The van der Waals surface area contributed by atoms with Crippen LogP contribution >= 0.6 is 0 Å². The molecule has 676 valence electrons. The van der Waals surface area contributed by atoms with Crippen LogP contribution < -0.4 is 47.3 Å². The fraction of sp³-hybridized carbons (Fsp3) is 0.462. The molecule has 6 N–H and O–H groups in total. The maximum atomic E-state index is 13.8. The molecule has 4 aliphatic heterocycles. The van der Waals surface area contributed by atoms with E-state index in [1.807, 2.05) is 122 Å². The average Bonchev–Trinajstić information content (AvgIpc) is 1.35. The number of amides is 3. The predicted molar refractivity (Wildman–Crippen MR) is 513 cm³/mol. The Morgan fingerprint density at radius 1 is 0.417 bits per heavy atom. The smallest absolute Gasteiger partial charge is 0.253 e. The first-order valence-corrected chi connectivity index (χ1v) is 46.1. The van der Waals surface area contributed by atoms with Gasteiger partial charge in [0.2, 0.25) is 0 Å². The van der Waals surface area contributed by atoms with Crippen LogP contribution in [0, 0.1) is 68.2 Å². The lowest BCUT2D eigenvalue weighted by atomic mass is 9.94. The quantitative estimate of drug-likeness (QED) is 0.0266. The van der Waals surface area contributed by atoms with Gasteiger partial charge in [-0.25, -0.2) is 4.68 Å². The number of hydrogen-bond donors (Lipinski definition) is 6. The molecular weight excluding hydrogens is 1590 g/mol. The Kier molecular flexibility index (Phi) is 33.0. The van der Waals surface area contributed by atoms with Crippen molar-refractivity contribution in [3.63, 3.8) is 0 Å². The lowest BCUT2D eigenvalue weighted by Gasteiger charge is -2.37. The first-order valence-electron chi connectivity index (χ1n) is 46.1. The second-order valence-electron chi connectivity index (χ2n) is 35.9. The second-order valence-corrected chi connectivity index (χ2v) is 35.9. The van der Waals surface area contributed by atoms with Crippen molar-refractivity contribution < 1.29 is 28.6 Å². The first kappa shape index (κ1) is 95.0. The number of hydrogen-bond acceptors (Lipinski definition) is 16. The molecule has 8 heterocycles. The van der Waals surface area contributed by atoms with Gasteiger partial charge in [0, 0.05) is 215 Å². The summed E-state index contributed by atoms with van der Waals surface area (Å²) in [5.41, 5.74) is 24.8. The summed E-state index contributed by atoms with van der Waals surface area (Å²) in [6, 6.07) is 46.1. The number of nitrogens with one attached hydrogen (secondary N) is 6. The molecule has 23 nitrogen and oxygen atoms in total. The Labute approximate surface area is 751 Å². The molecule has 0 bridgehead atoms. The Morgan fingerprint density at radius 2 is 0.740 bits per heavy atom. The van der Waals surface area contributed by atoms with Crippen molar-refractivity contribution in [1.29, 1.82) is 0 Å². The van der Waals surface area contributed by atoms with E-state index < -0.39 is 0 Å². The van der Waals surface area contributed by atoms with Gasteiger partial charge < -0.3 is 59.8 Å². The second kappa shape index (κ2) is 44.1. The van der Waals surface area contributed by atoms with E-state index in [4.69, 9.17) is 14.2 Å². The Morgan fingerprint density at radius 3 is 1.04 bits per heavy atom. The summed E-state index contributed by atoms with van der Waals surface area (Å²) in [6.45, 7) is 49.9. The van der Waals surface area contributed by atoms with Crippen molar-refractivity contribution in [2.24, 2.45) is 5.92 Å². The van der Waals surface area contributed by atoms with E-state index in [2.05, 4.69) is 207 Å². The zero-order chi connectivity index (χ0) is 90.9. The number of carbonyl (C=O) groups excluding carboxylic acids is 3. The van der Waals surface area contributed by atoms with Gasteiger partial charge in [-0.1, -0.05) is 91.9 Å². The van der Waals surface area contributed by atoms with Gasteiger partial charge in [0.25, 0.3) is 34.4 Å². The molecule has 3 amide bonds. The largest absolute Gasteiger partial charge is 0.381 e.